The molecule has 1 saturated heterocycles. The average molecular weight is 421 g/mol. The van der Waals surface area contributed by atoms with E-state index in [0.717, 1.165) is 5.69 Å². The van der Waals surface area contributed by atoms with Crippen LogP contribution in [0, 0.1) is 5.92 Å². The Kier molecular flexibility index (Phi) is 5.35. The molecule has 1 atom stereocenters. The van der Waals surface area contributed by atoms with Gasteiger partial charge in [-0.3, -0.25) is 34.2 Å². The average Bonchev–Trinajstić information content (AvgIpc) is 3.17. The first-order valence-corrected chi connectivity index (χ1v) is 9.60. The first kappa shape index (κ1) is 20.1. The van der Waals surface area contributed by atoms with E-state index in [9.17, 15) is 24.0 Å². The minimum absolute atomic E-state index is 0.0471. The van der Waals surface area contributed by atoms with Crippen molar-refractivity contribution in [1.82, 2.24) is 15.5 Å². The van der Waals surface area contributed by atoms with Gasteiger partial charge in [0.2, 0.25) is 17.7 Å². The molecule has 0 aliphatic carbocycles. The highest BCUT2D eigenvalue weighted by molar-refractivity contribution is 6.04. The number of carbonyl (C=O) groups excluding carboxylic acids is 3. The van der Waals surface area contributed by atoms with Gasteiger partial charge in [0.05, 0.1) is 28.9 Å². The number of benzene rings is 2. The zero-order chi connectivity index (χ0) is 22.0. The summed E-state index contributed by atoms with van der Waals surface area (Å²) in [5.74, 6) is -1.70. The van der Waals surface area contributed by atoms with Gasteiger partial charge < -0.3 is 15.5 Å². The van der Waals surface area contributed by atoms with E-state index in [4.69, 9.17) is 0 Å². The molecule has 3 amide bonds. The molecule has 31 heavy (non-hydrogen) atoms. The maximum Gasteiger partial charge on any atom is 0.272 e. The summed E-state index contributed by atoms with van der Waals surface area (Å²) in [6.45, 7) is -0.107. The highest BCUT2D eigenvalue weighted by Gasteiger charge is 2.35. The molecule has 158 valence electrons. The molecule has 4 N–H and O–H groups in total. The summed E-state index contributed by atoms with van der Waals surface area (Å²) in [6.07, 6.45) is 0.0593. The summed E-state index contributed by atoms with van der Waals surface area (Å²) in [5, 5.41) is 9.68. The van der Waals surface area contributed by atoms with Crippen molar-refractivity contribution >= 4 is 39.9 Å². The number of fused-ring (bicyclic) bond motifs is 1. The highest BCUT2D eigenvalue weighted by atomic mass is 16.2. The zero-order valence-corrected chi connectivity index (χ0v) is 16.3. The number of nitrogens with zero attached hydrogens (tertiary/aromatic N) is 1. The summed E-state index contributed by atoms with van der Waals surface area (Å²) in [6, 6.07) is 13.5. The third kappa shape index (κ3) is 4.08. The Bertz CT molecular complexity index is 1280. The van der Waals surface area contributed by atoms with Gasteiger partial charge >= 0.3 is 0 Å². The van der Waals surface area contributed by atoms with Crippen molar-refractivity contribution in [1.29, 1.82) is 0 Å². The largest absolute Gasteiger partial charge is 0.347 e. The molecule has 0 bridgehead atoms. The van der Waals surface area contributed by atoms with Gasteiger partial charge in [-0.25, -0.2) is 0 Å². The summed E-state index contributed by atoms with van der Waals surface area (Å²) in [5.41, 5.74) is -0.167. The lowest BCUT2D eigenvalue weighted by Crippen LogP contribution is -2.38. The fourth-order valence-electron chi connectivity index (χ4n) is 3.58. The number of carbonyl (C=O) groups is 3. The van der Waals surface area contributed by atoms with Crippen LogP contribution in [0.5, 0.6) is 0 Å². The maximum atomic E-state index is 12.5. The molecule has 0 unspecified atom stereocenters. The molecule has 0 saturated carbocycles. The number of hydrogen-bond donors (Lipinski definition) is 4. The van der Waals surface area contributed by atoms with Crippen LogP contribution >= 0.6 is 0 Å². The third-order valence-corrected chi connectivity index (χ3v) is 5.09. The lowest BCUT2D eigenvalue weighted by atomic mass is 10.1. The van der Waals surface area contributed by atoms with Crippen LogP contribution in [0.15, 0.2) is 58.1 Å². The van der Waals surface area contributed by atoms with Crippen molar-refractivity contribution in [3.8, 4) is 0 Å². The minimum Gasteiger partial charge on any atom is -0.347 e. The van der Waals surface area contributed by atoms with Gasteiger partial charge in [0, 0.05) is 18.7 Å². The van der Waals surface area contributed by atoms with Gasteiger partial charge in [-0.15, -0.1) is 0 Å². The quantitative estimate of drug-likeness (QED) is 0.469. The van der Waals surface area contributed by atoms with E-state index in [0.29, 0.717) is 0 Å². The predicted molar refractivity (Wildman–Crippen MR) is 114 cm³/mol. The van der Waals surface area contributed by atoms with Crippen LogP contribution in [0.4, 0.5) is 11.4 Å². The number of rotatable bonds is 5. The van der Waals surface area contributed by atoms with Crippen LogP contribution < -0.4 is 26.7 Å². The molecule has 2 aromatic carbocycles. The van der Waals surface area contributed by atoms with E-state index in [2.05, 4.69) is 20.8 Å². The normalized spacial score (nSPS) is 15.8. The Hall–Kier alpha value is -4.21. The number of aromatic nitrogens is 2. The second-order valence-corrected chi connectivity index (χ2v) is 7.14. The molecule has 3 aromatic rings. The van der Waals surface area contributed by atoms with Crippen LogP contribution in [0.2, 0.25) is 0 Å². The van der Waals surface area contributed by atoms with Crippen LogP contribution in [0.25, 0.3) is 10.8 Å². The van der Waals surface area contributed by atoms with E-state index in [-0.39, 0.29) is 41.9 Å². The van der Waals surface area contributed by atoms with E-state index in [1.807, 2.05) is 18.2 Å². The summed E-state index contributed by atoms with van der Waals surface area (Å²) >= 11 is 0. The fourth-order valence-corrected chi connectivity index (χ4v) is 3.58. The van der Waals surface area contributed by atoms with Crippen molar-refractivity contribution < 1.29 is 14.4 Å². The molecule has 2 heterocycles. The van der Waals surface area contributed by atoms with Crippen molar-refractivity contribution in [2.45, 2.75) is 6.42 Å². The van der Waals surface area contributed by atoms with E-state index in [1.165, 1.54) is 18.2 Å². The molecule has 0 radical (unpaired) electrons. The number of H-pyrrole nitrogens is 2. The van der Waals surface area contributed by atoms with Gasteiger partial charge in [-0.2, -0.15) is 0 Å². The second kappa shape index (κ2) is 8.27. The van der Waals surface area contributed by atoms with Gasteiger partial charge in [0.1, 0.15) is 0 Å². The zero-order valence-electron chi connectivity index (χ0n) is 16.3. The van der Waals surface area contributed by atoms with Crippen LogP contribution in [-0.4, -0.2) is 41.0 Å². The number of aromatic amines is 2. The monoisotopic (exact) mass is 421 g/mol. The van der Waals surface area contributed by atoms with E-state index >= 15 is 0 Å². The van der Waals surface area contributed by atoms with Crippen molar-refractivity contribution in [2.75, 3.05) is 23.3 Å². The first-order valence-electron chi connectivity index (χ1n) is 9.60. The third-order valence-electron chi connectivity index (χ3n) is 5.09. The summed E-state index contributed by atoms with van der Waals surface area (Å²) in [7, 11) is 0. The number of amides is 3. The van der Waals surface area contributed by atoms with Crippen LogP contribution in [0.3, 0.4) is 0 Å². The number of nitrogens with one attached hydrogen (secondary N) is 4. The Balaban J connectivity index is 1.39. The van der Waals surface area contributed by atoms with Crippen molar-refractivity contribution in [3.63, 3.8) is 0 Å². The maximum absolute atomic E-state index is 12.5. The lowest BCUT2D eigenvalue weighted by molar-refractivity contribution is -0.127. The molecule has 1 aliphatic heterocycles. The topological polar surface area (TPSA) is 144 Å². The van der Waals surface area contributed by atoms with Gasteiger partial charge in [0.15, 0.2) is 0 Å². The van der Waals surface area contributed by atoms with Crippen molar-refractivity contribution in [2.24, 2.45) is 5.92 Å². The molecule has 1 aliphatic rings. The highest BCUT2D eigenvalue weighted by Crippen LogP contribution is 2.24. The summed E-state index contributed by atoms with van der Waals surface area (Å²) in [4.78, 5) is 62.5. The molecular weight excluding hydrogens is 402 g/mol. The molecule has 1 fully saturated rings. The molecule has 0 spiro atoms. The van der Waals surface area contributed by atoms with E-state index < -0.39 is 28.9 Å². The van der Waals surface area contributed by atoms with Crippen molar-refractivity contribution in [3.05, 3.63) is 69.2 Å². The molecule has 4 rings (SSSR count). The first-order chi connectivity index (χ1) is 14.9. The van der Waals surface area contributed by atoms with Crippen LogP contribution in [-0.2, 0) is 14.4 Å². The number of para-hydroxylation sites is 1. The van der Waals surface area contributed by atoms with Gasteiger partial charge in [-0.1, -0.05) is 24.3 Å². The van der Waals surface area contributed by atoms with E-state index in [1.54, 1.807) is 17.0 Å². The smallest absolute Gasteiger partial charge is 0.272 e. The molecule has 10 heteroatoms. The Morgan fingerprint density at radius 2 is 1.71 bits per heavy atom. The van der Waals surface area contributed by atoms with Gasteiger partial charge in [0.25, 0.3) is 11.1 Å². The Morgan fingerprint density at radius 1 is 0.968 bits per heavy atom. The molecule has 1 aromatic heterocycles. The Labute approximate surface area is 175 Å². The lowest BCUT2D eigenvalue weighted by Gasteiger charge is -2.16. The van der Waals surface area contributed by atoms with Crippen LogP contribution in [0.1, 0.15) is 6.42 Å². The summed E-state index contributed by atoms with van der Waals surface area (Å²) < 4.78 is 0. The fraction of sp³-hybridized carbons (Fsp3) is 0.190. The molecular formula is C21H19N5O5. The second-order valence-electron chi connectivity index (χ2n) is 7.14. The minimum atomic E-state index is -0.570. The standard InChI is InChI=1S/C21H19N5O5/c27-16(23-15-8-4-7-14-18(15)21(31)25-24-20(14)30)10-22-19(29)12-9-17(28)26(11-12)13-5-2-1-3-6-13/h1-8,12H,9-11H2,(H,22,29)(H,23,27)(H,24,30)(H,25,31)/t12-/m1/s1. The predicted octanol–water partition coefficient (Wildman–Crippen LogP) is 0.324. The van der Waals surface area contributed by atoms with Gasteiger partial charge in [-0.05, 0) is 24.3 Å². The number of hydrogen-bond acceptors (Lipinski definition) is 5. The Morgan fingerprint density at radius 3 is 2.48 bits per heavy atom. The SMILES string of the molecule is O=C(CNC(=O)[C@@H]1CC(=O)N(c2ccccc2)C1)Nc1cccc2c(=O)[nH][nH]c(=O)c12. The number of anilines is 2. The molecule has 10 nitrogen and oxygen atoms in total.